The number of nitrogens with two attached hydrogens (primary N) is 1. The van der Waals surface area contributed by atoms with Crippen LogP contribution in [-0.2, 0) is 4.79 Å². The summed E-state index contributed by atoms with van der Waals surface area (Å²) in [4.78, 5) is 13.8. The first-order valence-corrected chi connectivity index (χ1v) is 3.69. The standard InChI is InChI=1S/C9H9FN2O/c1-6-4-8(10)12-5-7(6)2-3-9(11)13/h2-5H,1H3,(H2,11,13). The van der Waals surface area contributed by atoms with Crippen LogP contribution in [0.2, 0.25) is 0 Å². The Morgan fingerprint density at radius 1 is 1.69 bits per heavy atom. The maximum Gasteiger partial charge on any atom is 0.241 e. The van der Waals surface area contributed by atoms with Crippen LogP contribution in [-0.4, -0.2) is 10.9 Å². The van der Waals surface area contributed by atoms with E-state index < -0.39 is 11.9 Å². The van der Waals surface area contributed by atoms with Gasteiger partial charge in [0.2, 0.25) is 11.9 Å². The van der Waals surface area contributed by atoms with E-state index in [2.05, 4.69) is 4.98 Å². The van der Waals surface area contributed by atoms with E-state index in [0.717, 1.165) is 0 Å². The molecule has 3 nitrogen and oxygen atoms in total. The van der Waals surface area contributed by atoms with Crippen LogP contribution in [0.3, 0.4) is 0 Å². The number of pyridine rings is 1. The van der Waals surface area contributed by atoms with Crippen molar-refractivity contribution in [3.8, 4) is 0 Å². The zero-order valence-corrected chi connectivity index (χ0v) is 7.12. The van der Waals surface area contributed by atoms with Crippen molar-refractivity contribution in [2.24, 2.45) is 5.73 Å². The lowest BCUT2D eigenvalue weighted by molar-refractivity contribution is -0.113. The fourth-order valence-electron chi connectivity index (χ4n) is 0.879. The molecule has 2 N–H and O–H groups in total. The van der Waals surface area contributed by atoms with Crippen molar-refractivity contribution in [3.63, 3.8) is 0 Å². The number of aryl methyl sites for hydroxylation is 1. The predicted molar refractivity (Wildman–Crippen MR) is 47.2 cm³/mol. The minimum atomic E-state index is -0.538. The maximum atomic E-state index is 12.5. The van der Waals surface area contributed by atoms with Gasteiger partial charge in [-0.05, 0) is 30.2 Å². The molecule has 0 saturated heterocycles. The van der Waals surface area contributed by atoms with Gasteiger partial charge in [-0.2, -0.15) is 4.39 Å². The molecule has 0 spiro atoms. The fourth-order valence-corrected chi connectivity index (χ4v) is 0.879. The summed E-state index contributed by atoms with van der Waals surface area (Å²) in [7, 11) is 0. The highest BCUT2D eigenvalue weighted by molar-refractivity contribution is 5.90. The van der Waals surface area contributed by atoms with E-state index in [9.17, 15) is 9.18 Å². The van der Waals surface area contributed by atoms with Gasteiger partial charge in [-0.1, -0.05) is 0 Å². The third-order valence-electron chi connectivity index (χ3n) is 1.55. The van der Waals surface area contributed by atoms with Crippen LogP contribution >= 0.6 is 0 Å². The molecule has 1 amide bonds. The normalized spacial score (nSPS) is 10.6. The first-order chi connectivity index (χ1) is 6.09. The SMILES string of the molecule is Cc1cc(F)ncc1C=CC(N)=O. The summed E-state index contributed by atoms with van der Waals surface area (Å²) in [6, 6.07) is 1.29. The first kappa shape index (κ1) is 9.38. The van der Waals surface area contributed by atoms with E-state index in [-0.39, 0.29) is 0 Å². The molecule has 0 fully saturated rings. The number of hydrogen-bond acceptors (Lipinski definition) is 2. The summed E-state index contributed by atoms with van der Waals surface area (Å²) in [5, 5.41) is 0. The van der Waals surface area contributed by atoms with E-state index in [1.54, 1.807) is 6.92 Å². The lowest BCUT2D eigenvalue weighted by atomic mass is 10.1. The maximum absolute atomic E-state index is 12.5. The number of amides is 1. The van der Waals surface area contributed by atoms with Gasteiger partial charge in [-0.15, -0.1) is 0 Å². The third-order valence-corrected chi connectivity index (χ3v) is 1.55. The summed E-state index contributed by atoms with van der Waals surface area (Å²) < 4.78 is 12.5. The quantitative estimate of drug-likeness (QED) is 0.545. The van der Waals surface area contributed by atoms with Crippen LogP contribution in [0, 0.1) is 12.9 Å². The average Bonchev–Trinajstić information content (AvgIpc) is 2.02. The molecular formula is C9H9FN2O. The number of rotatable bonds is 2. The molecule has 1 heterocycles. The van der Waals surface area contributed by atoms with Crippen LogP contribution < -0.4 is 5.73 Å². The smallest absolute Gasteiger partial charge is 0.241 e. The average molecular weight is 180 g/mol. The fraction of sp³-hybridized carbons (Fsp3) is 0.111. The number of carbonyl (C=O) groups excluding carboxylic acids is 1. The van der Waals surface area contributed by atoms with Crippen molar-refractivity contribution in [1.82, 2.24) is 4.98 Å². The van der Waals surface area contributed by atoms with Gasteiger partial charge in [-0.25, -0.2) is 4.98 Å². The summed E-state index contributed by atoms with van der Waals surface area (Å²) in [5.74, 6) is -1.07. The second-order valence-electron chi connectivity index (χ2n) is 2.60. The number of hydrogen-bond donors (Lipinski definition) is 1. The second kappa shape index (κ2) is 3.80. The first-order valence-electron chi connectivity index (χ1n) is 3.69. The van der Waals surface area contributed by atoms with Crippen LogP contribution in [0.1, 0.15) is 11.1 Å². The lowest BCUT2D eigenvalue weighted by Crippen LogP contribution is -2.05. The zero-order valence-electron chi connectivity index (χ0n) is 7.12. The van der Waals surface area contributed by atoms with Crippen molar-refractivity contribution in [2.45, 2.75) is 6.92 Å². The van der Waals surface area contributed by atoms with Crippen molar-refractivity contribution in [2.75, 3.05) is 0 Å². The molecule has 0 bridgehead atoms. The Labute approximate surface area is 75.1 Å². The molecule has 0 atom stereocenters. The van der Waals surface area contributed by atoms with Crippen LogP contribution in [0.25, 0.3) is 6.08 Å². The van der Waals surface area contributed by atoms with Gasteiger partial charge in [0.1, 0.15) is 0 Å². The molecule has 1 rings (SSSR count). The largest absolute Gasteiger partial charge is 0.366 e. The molecule has 68 valence electrons. The van der Waals surface area contributed by atoms with E-state index in [1.807, 2.05) is 0 Å². The molecule has 0 saturated carbocycles. The predicted octanol–water partition coefficient (Wildman–Crippen LogP) is 1.03. The molecule has 0 aliphatic rings. The van der Waals surface area contributed by atoms with Gasteiger partial charge in [-0.3, -0.25) is 4.79 Å². The summed E-state index contributed by atoms with van der Waals surface area (Å²) in [6.07, 6.45) is 4.07. The number of nitrogens with zero attached hydrogens (tertiary/aromatic N) is 1. The van der Waals surface area contributed by atoms with Crippen LogP contribution in [0.15, 0.2) is 18.3 Å². The summed E-state index contributed by atoms with van der Waals surface area (Å²) in [6.45, 7) is 1.73. The Morgan fingerprint density at radius 2 is 2.38 bits per heavy atom. The van der Waals surface area contributed by atoms with Gasteiger partial charge in [0.15, 0.2) is 0 Å². The van der Waals surface area contributed by atoms with Crippen molar-refractivity contribution >= 4 is 12.0 Å². The van der Waals surface area contributed by atoms with Crippen molar-refractivity contribution < 1.29 is 9.18 Å². The molecule has 0 aliphatic heterocycles. The van der Waals surface area contributed by atoms with E-state index >= 15 is 0 Å². The molecule has 1 aromatic heterocycles. The van der Waals surface area contributed by atoms with Crippen LogP contribution in [0.5, 0.6) is 0 Å². The van der Waals surface area contributed by atoms with E-state index in [0.29, 0.717) is 11.1 Å². The Balaban J connectivity index is 2.96. The molecule has 4 heteroatoms. The zero-order chi connectivity index (χ0) is 9.84. The molecule has 0 aromatic carbocycles. The van der Waals surface area contributed by atoms with Crippen molar-refractivity contribution in [1.29, 1.82) is 0 Å². The third kappa shape index (κ3) is 2.66. The van der Waals surface area contributed by atoms with Gasteiger partial charge in [0.05, 0.1) is 0 Å². The number of halogens is 1. The summed E-state index contributed by atoms with van der Waals surface area (Å²) in [5.41, 5.74) is 6.29. The molecule has 0 unspecified atom stereocenters. The Morgan fingerprint density at radius 3 is 2.92 bits per heavy atom. The lowest BCUT2D eigenvalue weighted by Gasteiger charge is -1.97. The minimum Gasteiger partial charge on any atom is -0.366 e. The Bertz CT molecular complexity index is 361. The van der Waals surface area contributed by atoms with Crippen molar-refractivity contribution in [3.05, 3.63) is 35.4 Å². The van der Waals surface area contributed by atoms with E-state index in [1.165, 1.54) is 24.4 Å². The van der Waals surface area contributed by atoms with Crippen LogP contribution in [0.4, 0.5) is 4.39 Å². The highest BCUT2D eigenvalue weighted by Gasteiger charge is 1.97. The molecule has 0 aliphatic carbocycles. The monoisotopic (exact) mass is 180 g/mol. The molecule has 13 heavy (non-hydrogen) atoms. The Kier molecular flexibility index (Phi) is 2.74. The molecule has 1 aromatic rings. The number of primary amides is 1. The van der Waals surface area contributed by atoms with Gasteiger partial charge in [0, 0.05) is 12.3 Å². The molecule has 0 radical (unpaired) electrons. The highest BCUT2D eigenvalue weighted by atomic mass is 19.1. The van der Waals surface area contributed by atoms with E-state index in [4.69, 9.17) is 5.73 Å². The topological polar surface area (TPSA) is 56.0 Å². The number of aromatic nitrogens is 1. The van der Waals surface area contributed by atoms with Gasteiger partial charge < -0.3 is 5.73 Å². The van der Waals surface area contributed by atoms with Gasteiger partial charge >= 0.3 is 0 Å². The second-order valence-corrected chi connectivity index (χ2v) is 2.60. The highest BCUT2D eigenvalue weighted by Crippen LogP contribution is 2.08. The summed E-state index contributed by atoms with van der Waals surface area (Å²) >= 11 is 0. The Hall–Kier alpha value is -1.71. The number of carbonyl (C=O) groups is 1. The molecular weight excluding hydrogens is 171 g/mol. The van der Waals surface area contributed by atoms with Gasteiger partial charge in [0.25, 0.3) is 0 Å². The minimum absolute atomic E-state index is 0.534.